The summed E-state index contributed by atoms with van der Waals surface area (Å²) >= 11 is 3.43. The van der Waals surface area contributed by atoms with Gasteiger partial charge in [0.2, 0.25) is 0 Å². The first kappa shape index (κ1) is 11.4. The maximum absolute atomic E-state index is 11.6. The summed E-state index contributed by atoms with van der Waals surface area (Å²) in [6.45, 7) is 2.75. The molecule has 0 aliphatic carbocycles. The number of hydrogen-bond acceptors (Lipinski definition) is 3. The van der Waals surface area contributed by atoms with Crippen LogP contribution in [0.15, 0.2) is 22.7 Å². The number of carbonyl (C=O) groups is 1. The second kappa shape index (κ2) is 4.43. The largest absolute Gasteiger partial charge is 0.447 e. The van der Waals surface area contributed by atoms with E-state index in [4.69, 9.17) is 10.5 Å². The first-order valence-corrected chi connectivity index (χ1v) is 5.85. The zero-order valence-electron chi connectivity index (χ0n) is 8.94. The van der Waals surface area contributed by atoms with Gasteiger partial charge < -0.3 is 10.5 Å². The van der Waals surface area contributed by atoms with Crippen LogP contribution in [0.1, 0.15) is 5.56 Å². The third kappa shape index (κ3) is 1.92. The third-order valence-electron chi connectivity index (χ3n) is 2.65. The second-order valence-electron chi connectivity index (χ2n) is 3.77. The first-order valence-electron chi connectivity index (χ1n) is 5.05. The van der Waals surface area contributed by atoms with Gasteiger partial charge in [-0.25, -0.2) is 4.79 Å². The highest BCUT2D eigenvalue weighted by atomic mass is 79.9. The van der Waals surface area contributed by atoms with Crippen LogP contribution in [0.2, 0.25) is 0 Å². The first-order chi connectivity index (χ1) is 7.63. The number of hydrogen-bond donors (Lipinski definition) is 1. The highest BCUT2D eigenvalue weighted by Crippen LogP contribution is 2.27. The molecule has 16 heavy (non-hydrogen) atoms. The van der Waals surface area contributed by atoms with E-state index in [2.05, 4.69) is 15.9 Å². The Bertz CT molecular complexity index is 422. The van der Waals surface area contributed by atoms with Gasteiger partial charge in [-0.3, -0.25) is 4.90 Å². The van der Waals surface area contributed by atoms with Crippen molar-refractivity contribution < 1.29 is 9.53 Å². The number of ether oxygens (including phenoxy) is 1. The summed E-state index contributed by atoms with van der Waals surface area (Å²) in [5.74, 6) is 0. The highest BCUT2D eigenvalue weighted by molar-refractivity contribution is 9.10. The molecule has 2 N–H and O–H groups in total. The average molecular weight is 285 g/mol. The summed E-state index contributed by atoms with van der Waals surface area (Å²) in [4.78, 5) is 13.2. The van der Waals surface area contributed by atoms with Crippen molar-refractivity contribution in [2.45, 2.75) is 13.0 Å². The van der Waals surface area contributed by atoms with Crippen molar-refractivity contribution in [3.8, 4) is 0 Å². The van der Waals surface area contributed by atoms with Gasteiger partial charge in [0.05, 0.1) is 6.04 Å². The molecule has 1 aliphatic rings. The molecule has 1 aromatic carbocycles. The topological polar surface area (TPSA) is 55.6 Å². The number of anilines is 1. The zero-order chi connectivity index (χ0) is 11.7. The lowest BCUT2D eigenvalue weighted by Crippen LogP contribution is -2.38. The van der Waals surface area contributed by atoms with Crippen molar-refractivity contribution in [1.29, 1.82) is 0 Å². The quantitative estimate of drug-likeness (QED) is 0.904. The number of cyclic esters (lactones) is 1. The lowest BCUT2D eigenvalue weighted by molar-refractivity contribution is 0.179. The number of nitrogens with zero attached hydrogens (tertiary/aromatic N) is 1. The second-order valence-corrected chi connectivity index (χ2v) is 4.62. The Balaban J connectivity index is 2.35. The summed E-state index contributed by atoms with van der Waals surface area (Å²) < 4.78 is 6.01. The molecule has 2 rings (SSSR count). The fourth-order valence-corrected chi connectivity index (χ4v) is 1.98. The van der Waals surface area contributed by atoms with E-state index in [9.17, 15) is 4.79 Å². The van der Waals surface area contributed by atoms with Gasteiger partial charge in [0, 0.05) is 16.7 Å². The van der Waals surface area contributed by atoms with Crippen LogP contribution in [0.4, 0.5) is 10.5 Å². The average Bonchev–Trinajstić information content (AvgIpc) is 2.64. The van der Waals surface area contributed by atoms with Crippen LogP contribution in [0, 0.1) is 6.92 Å². The van der Waals surface area contributed by atoms with Gasteiger partial charge in [-0.1, -0.05) is 15.9 Å². The minimum atomic E-state index is -0.322. The van der Waals surface area contributed by atoms with Crippen LogP contribution in [-0.2, 0) is 4.74 Å². The van der Waals surface area contributed by atoms with Crippen molar-refractivity contribution in [2.75, 3.05) is 18.1 Å². The fourth-order valence-electron chi connectivity index (χ4n) is 1.73. The summed E-state index contributed by atoms with van der Waals surface area (Å²) in [6, 6.07) is 5.68. The minimum Gasteiger partial charge on any atom is -0.447 e. The molecule has 0 radical (unpaired) electrons. The van der Waals surface area contributed by atoms with E-state index in [1.807, 2.05) is 25.1 Å². The maximum Gasteiger partial charge on any atom is 0.414 e. The predicted molar refractivity (Wildman–Crippen MR) is 65.5 cm³/mol. The van der Waals surface area contributed by atoms with Gasteiger partial charge in [0.15, 0.2) is 0 Å². The van der Waals surface area contributed by atoms with Gasteiger partial charge in [0.25, 0.3) is 0 Å². The number of aryl methyl sites for hydroxylation is 1. The summed E-state index contributed by atoms with van der Waals surface area (Å²) in [5, 5.41) is 0. The van der Waals surface area contributed by atoms with Crippen LogP contribution in [0.3, 0.4) is 0 Å². The molecule has 0 bridgehead atoms. The summed E-state index contributed by atoms with van der Waals surface area (Å²) in [5.41, 5.74) is 7.52. The molecular formula is C11H13BrN2O2. The lowest BCUT2D eigenvalue weighted by Gasteiger charge is -2.20. The van der Waals surface area contributed by atoms with Crippen molar-refractivity contribution in [3.05, 3.63) is 28.2 Å². The van der Waals surface area contributed by atoms with E-state index in [1.165, 1.54) is 0 Å². The number of nitrogens with two attached hydrogens (primary N) is 1. The molecule has 1 aromatic rings. The van der Waals surface area contributed by atoms with Gasteiger partial charge in [-0.2, -0.15) is 0 Å². The van der Waals surface area contributed by atoms with Crippen LogP contribution < -0.4 is 10.6 Å². The van der Waals surface area contributed by atoms with Crippen molar-refractivity contribution >= 4 is 27.7 Å². The SMILES string of the molecule is Cc1cc(N2C(=O)OCC2CN)ccc1Br. The van der Waals surface area contributed by atoms with E-state index in [0.717, 1.165) is 15.7 Å². The molecule has 1 saturated heterocycles. The summed E-state index contributed by atoms with van der Waals surface area (Å²) in [6.07, 6.45) is -0.322. The molecule has 0 saturated carbocycles. The van der Waals surface area contributed by atoms with Crippen LogP contribution in [-0.4, -0.2) is 25.3 Å². The third-order valence-corrected chi connectivity index (χ3v) is 3.54. The standard InChI is InChI=1S/C11H13BrN2O2/c1-7-4-8(2-3-10(7)12)14-9(5-13)6-16-11(14)15/h2-4,9H,5-6,13H2,1H3. The van der Waals surface area contributed by atoms with Crippen molar-refractivity contribution in [3.63, 3.8) is 0 Å². The maximum atomic E-state index is 11.6. The predicted octanol–water partition coefficient (Wildman–Crippen LogP) is 2.04. The molecule has 1 aliphatic heterocycles. The molecule has 1 unspecified atom stereocenters. The number of benzene rings is 1. The van der Waals surface area contributed by atoms with Crippen LogP contribution in [0.5, 0.6) is 0 Å². The highest BCUT2D eigenvalue weighted by Gasteiger charge is 2.33. The van der Waals surface area contributed by atoms with Gasteiger partial charge in [0.1, 0.15) is 6.61 Å². The number of amides is 1. The molecule has 4 nitrogen and oxygen atoms in total. The molecular weight excluding hydrogens is 272 g/mol. The Morgan fingerprint density at radius 1 is 1.62 bits per heavy atom. The van der Waals surface area contributed by atoms with Crippen LogP contribution >= 0.6 is 15.9 Å². The van der Waals surface area contributed by atoms with E-state index < -0.39 is 0 Å². The molecule has 1 fully saturated rings. The molecule has 0 aromatic heterocycles. The molecule has 86 valence electrons. The number of carbonyl (C=O) groups excluding carboxylic acids is 1. The van der Waals surface area contributed by atoms with Gasteiger partial charge in [-0.15, -0.1) is 0 Å². The molecule has 1 atom stereocenters. The number of rotatable bonds is 2. The van der Waals surface area contributed by atoms with Gasteiger partial charge in [-0.05, 0) is 30.7 Å². The zero-order valence-corrected chi connectivity index (χ0v) is 10.5. The monoisotopic (exact) mass is 284 g/mol. The van der Waals surface area contributed by atoms with E-state index in [1.54, 1.807) is 4.90 Å². The van der Waals surface area contributed by atoms with Gasteiger partial charge >= 0.3 is 6.09 Å². The summed E-state index contributed by atoms with van der Waals surface area (Å²) in [7, 11) is 0. The Morgan fingerprint density at radius 3 is 3.00 bits per heavy atom. The minimum absolute atomic E-state index is 0.0620. The van der Waals surface area contributed by atoms with Crippen molar-refractivity contribution in [1.82, 2.24) is 0 Å². The Hall–Kier alpha value is -1.07. The number of halogens is 1. The normalized spacial score (nSPS) is 20.1. The Labute approximate surface area is 102 Å². The van der Waals surface area contributed by atoms with Crippen LogP contribution in [0.25, 0.3) is 0 Å². The lowest BCUT2D eigenvalue weighted by atomic mass is 10.2. The molecule has 1 amide bonds. The molecule has 0 spiro atoms. The van der Waals surface area contributed by atoms with E-state index >= 15 is 0 Å². The fraction of sp³-hybridized carbons (Fsp3) is 0.364. The Kier molecular flexibility index (Phi) is 3.16. The van der Waals surface area contributed by atoms with Crippen molar-refractivity contribution in [2.24, 2.45) is 5.73 Å². The van der Waals surface area contributed by atoms with E-state index in [0.29, 0.717) is 13.2 Å². The molecule has 1 heterocycles. The Morgan fingerprint density at radius 2 is 2.38 bits per heavy atom. The molecule has 5 heteroatoms. The van der Waals surface area contributed by atoms with E-state index in [-0.39, 0.29) is 12.1 Å². The smallest absolute Gasteiger partial charge is 0.414 e.